The van der Waals surface area contributed by atoms with E-state index >= 15 is 0 Å². The Morgan fingerprint density at radius 1 is 1.08 bits per heavy atom. The van der Waals surface area contributed by atoms with Crippen LogP contribution in [0.5, 0.6) is 0 Å². The van der Waals surface area contributed by atoms with Crippen LogP contribution in [0.25, 0.3) is 0 Å². The number of hydrogen-bond donors (Lipinski definition) is 2. The lowest BCUT2D eigenvalue weighted by Gasteiger charge is -2.13. The summed E-state index contributed by atoms with van der Waals surface area (Å²) < 4.78 is 26.3. The third kappa shape index (κ3) is 8.31. The molecular weight excluding hydrogens is 336 g/mol. The first kappa shape index (κ1) is 19.7. The minimum absolute atomic E-state index is 0.0298. The molecule has 2 N–H and O–H groups in total. The number of rotatable bonds is 10. The fourth-order valence-corrected chi connectivity index (χ4v) is 3.94. The summed E-state index contributed by atoms with van der Waals surface area (Å²) in [7, 11) is -3.41. The number of nitrogens with one attached hydrogen (secondary N) is 2. The highest BCUT2D eigenvalue weighted by Gasteiger charge is 2.12. The van der Waals surface area contributed by atoms with Crippen molar-refractivity contribution in [3.8, 4) is 0 Å². The summed E-state index contributed by atoms with van der Waals surface area (Å²) in [6.45, 7) is 0.382. The van der Waals surface area contributed by atoms with E-state index in [0.29, 0.717) is 19.4 Å². The van der Waals surface area contributed by atoms with Gasteiger partial charge < -0.3 is 5.32 Å². The second-order valence-corrected chi connectivity index (χ2v) is 8.36. The van der Waals surface area contributed by atoms with Crippen molar-refractivity contribution in [2.45, 2.75) is 44.9 Å². The third-order valence-corrected chi connectivity index (χ3v) is 5.74. The van der Waals surface area contributed by atoms with Crippen LogP contribution in [0.1, 0.15) is 44.1 Å². The molecule has 138 valence electrons. The zero-order chi connectivity index (χ0) is 18.0. The molecule has 1 aliphatic rings. The molecule has 0 spiro atoms. The van der Waals surface area contributed by atoms with Crippen molar-refractivity contribution in [1.82, 2.24) is 10.0 Å². The van der Waals surface area contributed by atoms with Crippen molar-refractivity contribution in [3.63, 3.8) is 0 Å². The van der Waals surface area contributed by atoms with Crippen LogP contribution in [0.2, 0.25) is 0 Å². The Morgan fingerprint density at radius 3 is 2.60 bits per heavy atom. The molecule has 0 unspecified atom stereocenters. The standard InChI is InChI=1S/C19H28N2O3S/c22-19(20-14-13-18-10-5-2-6-11-18)16-21-25(23,24)15-7-12-17-8-3-1-4-9-17/h1,3-4,8-10,21H,2,5-7,11-16H2,(H,20,22). The summed E-state index contributed by atoms with van der Waals surface area (Å²) in [5.74, 6) is -0.245. The second kappa shape index (κ2) is 10.4. The average Bonchev–Trinajstić information content (AvgIpc) is 2.62. The molecule has 0 aliphatic heterocycles. The second-order valence-electron chi connectivity index (χ2n) is 6.44. The molecule has 0 aromatic heterocycles. The predicted molar refractivity (Wildman–Crippen MR) is 101 cm³/mol. The number of sulfonamides is 1. The molecule has 2 rings (SSSR count). The molecule has 0 heterocycles. The Hall–Kier alpha value is -1.66. The van der Waals surface area contributed by atoms with Crippen LogP contribution >= 0.6 is 0 Å². The highest BCUT2D eigenvalue weighted by atomic mass is 32.2. The maximum Gasteiger partial charge on any atom is 0.235 e. The zero-order valence-corrected chi connectivity index (χ0v) is 15.5. The van der Waals surface area contributed by atoms with Crippen molar-refractivity contribution in [3.05, 3.63) is 47.5 Å². The van der Waals surface area contributed by atoms with Gasteiger partial charge in [0.1, 0.15) is 0 Å². The quantitative estimate of drug-likeness (QED) is 0.627. The highest BCUT2D eigenvalue weighted by Crippen LogP contribution is 2.19. The van der Waals surface area contributed by atoms with Gasteiger partial charge in [0.2, 0.25) is 15.9 Å². The van der Waals surface area contributed by atoms with Crippen LogP contribution in [0.3, 0.4) is 0 Å². The van der Waals surface area contributed by atoms with E-state index in [-0.39, 0.29) is 18.2 Å². The number of hydrogen-bond acceptors (Lipinski definition) is 3. The Bertz CT molecular complexity index is 669. The fraction of sp³-hybridized carbons (Fsp3) is 0.526. The first-order chi connectivity index (χ1) is 12.1. The van der Waals surface area contributed by atoms with Crippen LogP contribution < -0.4 is 10.0 Å². The van der Waals surface area contributed by atoms with Crippen LogP contribution in [-0.2, 0) is 21.2 Å². The van der Waals surface area contributed by atoms with Crippen LogP contribution in [0.4, 0.5) is 0 Å². The monoisotopic (exact) mass is 364 g/mol. The Balaban J connectivity index is 1.59. The fourth-order valence-electron chi connectivity index (χ4n) is 2.92. The summed E-state index contributed by atoms with van der Waals surface area (Å²) in [6.07, 6.45) is 9.08. The van der Waals surface area contributed by atoms with Crippen molar-refractivity contribution in [2.75, 3.05) is 18.8 Å². The van der Waals surface area contributed by atoms with E-state index in [1.54, 1.807) is 0 Å². The van der Waals surface area contributed by atoms with E-state index in [4.69, 9.17) is 0 Å². The number of aryl methyl sites for hydroxylation is 1. The molecule has 0 atom stereocenters. The molecule has 0 radical (unpaired) electrons. The minimum Gasteiger partial charge on any atom is -0.355 e. The Kier molecular flexibility index (Phi) is 8.15. The van der Waals surface area contributed by atoms with Gasteiger partial charge in [0, 0.05) is 6.54 Å². The smallest absolute Gasteiger partial charge is 0.235 e. The molecule has 1 aromatic carbocycles. The van der Waals surface area contributed by atoms with Crippen molar-refractivity contribution in [1.29, 1.82) is 0 Å². The topological polar surface area (TPSA) is 75.3 Å². The number of carbonyl (C=O) groups is 1. The van der Waals surface area contributed by atoms with Crippen molar-refractivity contribution in [2.24, 2.45) is 0 Å². The molecule has 1 aliphatic carbocycles. The molecule has 0 saturated carbocycles. The Morgan fingerprint density at radius 2 is 1.88 bits per heavy atom. The zero-order valence-electron chi connectivity index (χ0n) is 14.7. The van der Waals surface area contributed by atoms with Gasteiger partial charge in [-0.05, 0) is 50.5 Å². The van der Waals surface area contributed by atoms with Crippen LogP contribution in [-0.4, -0.2) is 33.2 Å². The lowest BCUT2D eigenvalue weighted by atomic mass is 9.97. The first-order valence-corrected chi connectivity index (χ1v) is 10.7. The molecular formula is C19H28N2O3S. The molecule has 6 heteroatoms. The van der Waals surface area contributed by atoms with Crippen LogP contribution in [0, 0.1) is 0 Å². The average molecular weight is 365 g/mol. The van der Waals surface area contributed by atoms with Gasteiger partial charge in [0.05, 0.1) is 12.3 Å². The molecule has 5 nitrogen and oxygen atoms in total. The minimum atomic E-state index is -3.41. The van der Waals surface area contributed by atoms with Gasteiger partial charge >= 0.3 is 0 Å². The maximum atomic E-state index is 11.9. The van der Waals surface area contributed by atoms with Gasteiger partial charge in [-0.1, -0.05) is 42.0 Å². The van der Waals surface area contributed by atoms with Gasteiger partial charge in [-0.25, -0.2) is 13.1 Å². The van der Waals surface area contributed by atoms with Crippen molar-refractivity contribution >= 4 is 15.9 Å². The number of allylic oxidation sites excluding steroid dienone is 1. The molecule has 0 fully saturated rings. The van der Waals surface area contributed by atoms with E-state index in [9.17, 15) is 13.2 Å². The number of carbonyl (C=O) groups excluding carboxylic acids is 1. The van der Waals surface area contributed by atoms with Gasteiger partial charge in [-0.15, -0.1) is 0 Å². The molecule has 25 heavy (non-hydrogen) atoms. The largest absolute Gasteiger partial charge is 0.355 e. The van der Waals surface area contributed by atoms with Crippen molar-refractivity contribution < 1.29 is 13.2 Å². The van der Waals surface area contributed by atoms with Gasteiger partial charge in [-0.2, -0.15) is 0 Å². The van der Waals surface area contributed by atoms with E-state index in [1.165, 1.54) is 18.4 Å². The first-order valence-electron chi connectivity index (χ1n) is 9.01. The van der Waals surface area contributed by atoms with Crippen LogP contribution in [0.15, 0.2) is 42.0 Å². The lowest BCUT2D eigenvalue weighted by Crippen LogP contribution is -2.38. The maximum absolute atomic E-state index is 11.9. The summed E-state index contributed by atoms with van der Waals surface area (Å²) in [6, 6.07) is 9.78. The number of amides is 1. The predicted octanol–water partition coefficient (Wildman–Crippen LogP) is 2.55. The normalized spacial score (nSPS) is 14.8. The summed E-state index contributed by atoms with van der Waals surface area (Å²) in [5.41, 5.74) is 2.51. The highest BCUT2D eigenvalue weighted by molar-refractivity contribution is 7.89. The van der Waals surface area contributed by atoms with E-state index < -0.39 is 10.0 Å². The molecule has 0 bridgehead atoms. The van der Waals surface area contributed by atoms with E-state index in [1.807, 2.05) is 30.3 Å². The summed E-state index contributed by atoms with van der Waals surface area (Å²) >= 11 is 0. The molecule has 1 amide bonds. The number of benzene rings is 1. The lowest BCUT2D eigenvalue weighted by molar-refractivity contribution is -0.119. The SMILES string of the molecule is O=C(CNS(=O)(=O)CCCc1ccccc1)NCCC1=CCCCC1. The molecule has 0 saturated heterocycles. The summed E-state index contributed by atoms with van der Waals surface area (Å²) in [4.78, 5) is 11.8. The molecule has 1 aromatic rings. The van der Waals surface area contributed by atoms with E-state index in [2.05, 4.69) is 16.1 Å². The van der Waals surface area contributed by atoms with Gasteiger partial charge in [-0.3, -0.25) is 4.79 Å². The van der Waals surface area contributed by atoms with Gasteiger partial charge in [0.15, 0.2) is 0 Å². The summed E-state index contributed by atoms with van der Waals surface area (Å²) in [5, 5.41) is 2.78. The Labute approximate surface area is 151 Å². The van der Waals surface area contributed by atoms with Gasteiger partial charge in [0.25, 0.3) is 0 Å². The third-order valence-electron chi connectivity index (χ3n) is 4.33. The van der Waals surface area contributed by atoms with E-state index in [0.717, 1.165) is 24.8 Å².